The van der Waals surface area contributed by atoms with E-state index >= 15 is 0 Å². The molecule has 0 bridgehead atoms. The van der Waals surface area contributed by atoms with Crippen LogP contribution >= 0.6 is 0 Å². The molecule has 0 aliphatic carbocycles. The van der Waals surface area contributed by atoms with Crippen LogP contribution in [-0.4, -0.2) is 45.5 Å². The molecule has 9 heteroatoms. The summed E-state index contributed by atoms with van der Waals surface area (Å²) in [4.78, 5) is 15.5. The van der Waals surface area contributed by atoms with Gasteiger partial charge in [-0.2, -0.15) is 18.3 Å². The molecule has 3 heterocycles. The summed E-state index contributed by atoms with van der Waals surface area (Å²) in [5, 5.41) is 5.42. The third-order valence-electron chi connectivity index (χ3n) is 7.02. The van der Waals surface area contributed by atoms with E-state index in [0.717, 1.165) is 56.0 Å². The van der Waals surface area contributed by atoms with Crippen LogP contribution < -0.4 is 10.3 Å². The summed E-state index contributed by atoms with van der Waals surface area (Å²) in [7, 11) is 0. The second kappa shape index (κ2) is 11.0. The molecular formula is C29H31F3N4O2. The van der Waals surface area contributed by atoms with Gasteiger partial charge in [0.05, 0.1) is 30.4 Å². The molecule has 0 unspecified atom stereocenters. The topological polar surface area (TPSA) is 52.3 Å². The van der Waals surface area contributed by atoms with Crippen LogP contribution in [0.4, 0.5) is 13.2 Å². The first kappa shape index (κ1) is 26.0. The summed E-state index contributed by atoms with van der Waals surface area (Å²) < 4.78 is 50.5. The normalized spacial score (nSPS) is 14.4. The molecule has 0 N–H and O–H groups in total. The molecule has 0 radical (unpaired) electrons. The molecule has 200 valence electrons. The Morgan fingerprint density at radius 1 is 1.00 bits per heavy atom. The van der Waals surface area contributed by atoms with Crippen LogP contribution in [0, 0.1) is 0 Å². The number of hydrogen-bond acceptors (Lipinski definition) is 4. The van der Waals surface area contributed by atoms with Gasteiger partial charge in [-0.15, -0.1) is 0 Å². The highest BCUT2D eigenvalue weighted by Gasteiger charge is 2.34. The highest BCUT2D eigenvalue weighted by atomic mass is 19.4. The molecule has 6 nitrogen and oxygen atoms in total. The van der Waals surface area contributed by atoms with E-state index in [4.69, 9.17) is 4.74 Å². The van der Waals surface area contributed by atoms with E-state index in [1.807, 2.05) is 29.8 Å². The Labute approximate surface area is 219 Å². The van der Waals surface area contributed by atoms with Crippen LogP contribution in [0.15, 0.2) is 65.7 Å². The summed E-state index contributed by atoms with van der Waals surface area (Å²) in [5.41, 5.74) is 0.512. The molecule has 1 aliphatic rings. The maximum atomic E-state index is 13.9. The SMILES string of the molecule is CCCCOc1ccc(-c2ccn(-c3ccc4c(cnn4CCN4CCCC4)c3)c(=O)c2)c(C(F)(F)F)c1. The third-order valence-corrected chi connectivity index (χ3v) is 7.02. The molecule has 0 atom stereocenters. The molecule has 0 spiro atoms. The van der Waals surface area contributed by atoms with Gasteiger partial charge < -0.3 is 9.64 Å². The standard InChI is InChI=1S/C29H31F3N4O2/c1-2-3-16-38-24-7-8-25(26(19-24)29(30,31)32)21-10-13-35(28(37)18-21)23-6-9-27-22(17-23)20-33-36(27)15-14-34-11-4-5-12-34/h6-10,13,17-20H,2-5,11-12,14-16H2,1H3. The predicted molar refractivity (Wildman–Crippen MR) is 142 cm³/mol. The number of benzene rings is 2. The molecule has 1 fully saturated rings. The van der Waals surface area contributed by atoms with Crippen LogP contribution in [0.2, 0.25) is 0 Å². The van der Waals surface area contributed by atoms with Crippen molar-refractivity contribution >= 4 is 10.9 Å². The largest absolute Gasteiger partial charge is 0.494 e. The quantitative estimate of drug-likeness (QED) is 0.247. The number of alkyl halides is 3. The van der Waals surface area contributed by atoms with Gasteiger partial charge >= 0.3 is 6.18 Å². The van der Waals surface area contributed by atoms with E-state index in [0.29, 0.717) is 12.3 Å². The van der Waals surface area contributed by atoms with Gasteiger partial charge in [0, 0.05) is 29.9 Å². The number of nitrogens with zero attached hydrogens (tertiary/aromatic N) is 4. The molecule has 1 aliphatic heterocycles. The minimum atomic E-state index is -4.59. The predicted octanol–water partition coefficient (Wildman–Crippen LogP) is 6.15. The number of unbranched alkanes of at least 4 members (excludes halogenated alkanes) is 1. The summed E-state index contributed by atoms with van der Waals surface area (Å²) in [5.74, 6) is 0.164. The van der Waals surface area contributed by atoms with Gasteiger partial charge in [0.15, 0.2) is 0 Å². The van der Waals surface area contributed by atoms with Crippen molar-refractivity contribution in [3.05, 3.63) is 76.8 Å². The average Bonchev–Trinajstić information content (AvgIpc) is 3.56. The molecular weight excluding hydrogens is 493 g/mol. The number of pyridine rings is 1. The van der Waals surface area contributed by atoms with Crippen molar-refractivity contribution in [2.45, 2.75) is 45.3 Å². The molecule has 4 aromatic rings. The zero-order valence-electron chi connectivity index (χ0n) is 21.4. The van der Waals surface area contributed by atoms with Crippen molar-refractivity contribution in [2.75, 3.05) is 26.2 Å². The summed E-state index contributed by atoms with van der Waals surface area (Å²) in [6, 6.07) is 12.3. The van der Waals surface area contributed by atoms with E-state index in [1.54, 1.807) is 6.20 Å². The van der Waals surface area contributed by atoms with Crippen molar-refractivity contribution in [1.82, 2.24) is 19.2 Å². The number of aromatic nitrogens is 3. The van der Waals surface area contributed by atoms with Crippen molar-refractivity contribution in [3.8, 4) is 22.6 Å². The Balaban J connectivity index is 1.40. The fourth-order valence-corrected chi connectivity index (χ4v) is 4.94. The second-order valence-electron chi connectivity index (χ2n) is 9.69. The minimum Gasteiger partial charge on any atom is -0.494 e. The van der Waals surface area contributed by atoms with Crippen molar-refractivity contribution in [3.63, 3.8) is 0 Å². The van der Waals surface area contributed by atoms with E-state index < -0.39 is 17.3 Å². The Bertz CT molecular complexity index is 1470. The zero-order chi connectivity index (χ0) is 26.7. The van der Waals surface area contributed by atoms with E-state index in [9.17, 15) is 18.0 Å². The van der Waals surface area contributed by atoms with Crippen LogP contribution in [0.25, 0.3) is 27.7 Å². The van der Waals surface area contributed by atoms with Gasteiger partial charge in [0.2, 0.25) is 0 Å². The number of halogens is 3. The summed E-state index contributed by atoms with van der Waals surface area (Å²) in [6.45, 7) is 6.34. The van der Waals surface area contributed by atoms with Gasteiger partial charge in [-0.3, -0.25) is 14.0 Å². The maximum Gasteiger partial charge on any atom is 0.417 e. The van der Waals surface area contributed by atoms with E-state index in [1.165, 1.54) is 47.9 Å². The first-order valence-electron chi connectivity index (χ1n) is 13.1. The number of ether oxygens (including phenoxy) is 1. The molecule has 0 amide bonds. The van der Waals surface area contributed by atoms with Crippen molar-refractivity contribution in [2.24, 2.45) is 0 Å². The molecule has 0 saturated carbocycles. The smallest absolute Gasteiger partial charge is 0.417 e. The van der Waals surface area contributed by atoms with Crippen molar-refractivity contribution < 1.29 is 17.9 Å². The lowest BCUT2D eigenvalue weighted by molar-refractivity contribution is -0.137. The summed E-state index contributed by atoms with van der Waals surface area (Å²) in [6.07, 6.45) is 2.83. The highest BCUT2D eigenvalue weighted by molar-refractivity contribution is 5.81. The van der Waals surface area contributed by atoms with Gasteiger partial charge in [0.25, 0.3) is 5.56 Å². The molecule has 5 rings (SSSR count). The fourth-order valence-electron chi connectivity index (χ4n) is 4.94. The average molecular weight is 525 g/mol. The minimum absolute atomic E-state index is 0.0562. The Morgan fingerprint density at radius 3 is 2.55 bits per heavy atom. The lowest BCUT2D eigenvalue weighted by Crippen LogP contribution is -2.24. The Morgan fingerprint density at radius 2 is 1.82 bits per heavy atom. The van der Waals surface area contributed by atoms with Crippen molar-refractivity contribution in [1.29, 1.82) is 0 Å². The summed E-state index contributed by atoms with van der Waals surface area (Å²) >= 11 is 0. The third kappa shape index (κ3) is 5.62. The number of likely N-dealkylation sites (tertiary alicyclic amines) is 1. The molecule has 1 saturated heterocycles. The number of fused-ring (bicyclic) bond motifs is 1. The van der Waals surface area contributed by atoms with E-state index in [2.05, 4.69) is 10.00 Å². The fraction of sp³-hybridized carbons (Fsp3) is 0.379. The van der Waals surface area contributed by atoms with Crippen LogP contribution in [-0.2, 0) is 12.7 Å². The van der Waals surface area contributed by atoms with E-state index in [-0.39, 0.29) is 16.9 Å². The molecule has 2 aromatic heterocycles. The number of hydrogen-bond donors (Lipinski definition) is 0. The Kier molecular flexibility index (Phi) is 7.56. The van der Waals surface area contributed by atoms with Gasteiger partial charge in [-0.1, -0.05) is 19.4 Å². The maximum absolute atomic E-state index is 13.9. The monoisotopic (exact) mass is 524 g/mol. The molecule has 38 heavy (non-hydrogen) atoms. The molecule has 2 aromatic carbocycles. The van der Waals surface area contributed by atoms with Gasteiger partial charge in [-0.05, 0) is 79.9 Å². The lowest BCUT2D eigenvalue weighted by Gasteiger charge is -2.16. The zero-order valence-corrected chi connectivity index (χ0v) is 21.4. The Hall–Kier alpha value is -3.59. The second-order valence-corrected chi connectivity index (χ2v) is 9.69. The highest BCUT2D eigenvalue weighted by Crippen LogP contribution is 2.39. The lowest BCUT2D eigenvalue weighted by atomic mass is 9.99. The first-order chi connectivity index (χ1) is 18.3. The first-order valence-corrected chi connectivity index (χ1v) is 13.1. The number of rotatable bonds is 9. The van der Waals surface area contributed by atoms with Gasteiger partial charge in [0.1, 0.15) is 5.75 Å². The van der Waals surface area contributed by atoms with Gasteiger partial charge in [-0.25, -0.2) is 0 Å². The van der Waals surface area contributed by atoms with Crippen LogP contribution in [0.3, 0.4) is 0 Å². The van der Waals surface area contributed by atoms with Crippen LogP contribution in [0.5, 0.6) is 5.75 Å². The van der Waals surface area contributed by atoms with Crippen LogP contribution in [0.1, 0.15) is 38.2 Å².